The quantitative estimate of drug-likeness (QED) is 0.804. The van der Waals surface area contributed by atoms with Crippen molar-refractivity contribution in [3.63, 3.8) is 0 Å². The Kier molecular flexibility index (Phi) is 2.97. The molecule has 0 aliphatic rings. The van der Waals surface area contributed by atoms with Crippen LogP contribution in [0.15, 0.2) is 45.9 Å². The minimum absolute atomic E-state index is 0.483. The second-order valence-corrected chi connectivity index (χ2v) is 4.34. The first-order chi connectivity index (χ1) is 7.18. The van der Waals surface area contributed by atoms with Crippen molar-refractivity contribution in [3.8, 4) is 0 Å². The number of aromatic nitrogens is 2. The fourth-order valence-corrected chi connectivity index (χ4v) is 1.81. The third kappa shape index (κ3) is 2.15. The van der Waals surface area contributed by atoms with E-state index >= 15 is 0 Å². The van der Waals surface area contributed by atoms with Gasteiger partial charge in [0, 0.05) is 12.4 Å². The highest BCUT2D eigenvalue weighted by atomic mass is 79.9. The Morgan fingerprint density at radius 3 is 2.33 bits per heavy atom. The fraction of sp³-hybridized carbons (Fsp3) is 0. The van der Waals surface area contributed by atoms with E-state index in [9.17, 15) is 4.79 Å². The molecule has 0 spiro atoms. The standard InChI is InChI=1S/C9H6Br2N2O2/c10-7-3-1-5-12(7)9(14)15-13-6-2-4-8(13)11/h1-6H. The van der Waals surface area contributed by atoms with Gasteiger partial charge in [-0.05, 0) is 56.1 Å². The Bertz CT molecular complexity index is 490. The first-order valence-electron chi connectivity index (χ1n) is 4.07. The van der Waals surface area contributed by atoms with Crippen molar-refractivity contribution in [1.82, 2.24) is 9.30 Å². The minimum atomic E-state index is -0.483. The topological polar surface area (TPSA) is 36.2 Å². The lowest BCUT2D eigenvalue weighted by Crippen LogP contribution is -2.24. The molecule has 0 fully saturated rings. The Labute approximate surface area is 103 Å². The van der Waals surface area contributed by atoms with Gasteiger partial charge in [-0.15, -0.1) is 0 Å². The van der Waals surface area contributed by atoms with Crippen LogP contribution in [0.2, 0.25) is 0 Å². The summed E-state index contributed by atoms with van der Waals surface area (Å²) in [6.07, 6.45) is 2.77. The highest BCUT2D eigenvalue weighted by Crippen LogP contribution is 2.12. The third-order valence-corrected chi connectivity index (χ3v) is 3.00. The number of carbonyl (C=O) groups excluding carboxylic acids is 1. The van der Waals surface area contributed by atoms with E-state index in [2.05, 4.69) is 31.9 Å². The Morgan fingerprint density at radius 1 is 1.13 bits per heavy atom. The van der Waals surface area contributed by atoms with Crippen LogP contribution in [0.3, 0.4) is 0 Å². The van der Waals surface area contributed by atoms with Gasteiger partial charge < -0.3 is 4.84 Å². The zero-order valence-electron chi connectivity index (χ0n) is 7.43. The number of halogens is 2. The summed E-state index contributed by atoms with van der Waals surface area (Å²) >= 11 is 6.47. The molecule has 2 rings (SSSR count). The molecule has 0 aliphatic heterocycles. The lowest BCUT2D eigenvalue weighted by atomic mass is 10.7. The Hall–Kier alpha value is -1.01. The summed E-state index contributed by atoms with van der Waals surface area (Å²) < 4.78 is 4.02. The third-order valence-electron chi connectivity index (χ3n) is 1.74. The van der Waals surface area contributed by atoms with E-state index in [1.54, 1.807) is 36.7 Å². The van der Waals surface area contributed by atoms with Crippen LogP contribution < -0.4 is 4.84 Å². The summed E-state index contributed by atoms with van der Waals surface area (Å²) in [6, 6.07) is 7.04. The number of nitrogens with zero attached hydrogens (tertiary/aromatic N) is 2. The summed E-state index contributed by atoms with van der Waals surface area (Å²) in [7, 11) is 0. The van der Waals surface area contributed by atoms with Crippen LogP contribution in [-0.2, 0) is 0 Å². The summed E-state index contributed by atoms with van der Waals surface area (Å²) in [5.41, 5.74) is 0. The molecule has 0 atom stereocenters. The molecule has 78 valence electrons. The molecule has 0 aromatic carbocycles. The van der Waals surface area contributed by atoms with Crippen LogP contribution in [0.4, 0.5) is 4.79 Å². The highest BCUT2D eigenvalue weighted by Gasteiger charge is 2.10. The largest absolute Gasteiger partial charge is 0.443 e. The highest BCUT2D eigenvalue weighted by molar-refractivity contribution is 9.10. The van der Waals surface area contributed by atoms with Gasteiger partial charge in [-0.2, -0.15) is 4.73 Å². The number of hydrogen-bond acceptors (Lipinski definition) is 2. The molecule has 2 aromatic heterocycles. The van der Waals surface area contributed by atoms with E-state index in [1.807, 2.05) is 0 Å². The molecule has 6 heteroatoms. The molecule has 0 saturated carbocycles. The van der Waals surface area contributed by atoms with E-state index in [-0.39, 0.29) is 0 Å². The molecule has 0 N–H and O–H groups in total. The molecule has 15 heavy (non-hydrogen) atoms. The Balaban J connectivity index is 2.18. The predicted octanol–water partition coefficient (Wildman–Crippen LogP) is 2.91. The van der Waals surface area contributed by atoms with Gasteiger partial charge in [-0.25, -0.2) is 9.36 Å². The monoisotopic (exact) mass is 332 g/mol. The first-order valence-corrected chi connectivity index (χ1v) is 5.65. The number of carbonyl (C=O) groups is 1. The summed E-state index contributed by atoms with van der Waals surface area (Å²) in [5, 5.41) is 0. The van der Waals surface area contributed by atoms with Crippen LogP contribution in [0.25, 0.3) is 0 Å². The van der Waals surface area contributed by atoms with Gasteiger partial charge in [0.15, 0.2) is 0 Å². The lowest BCUT2D eigenvalue weighted by Gasteiger charge is -2.06. The molecule has 0 aliphatic carbocycles. The molecule has 0 saturated heterocycles. The number of hydrogen-bond donors (Lipinski definition) is 0. The summed E-state index contributed by atoms with van der Waals surface area (Å²) in [4.78, 5) is 16.7. The van der Waals surface area contributed by atoms with Crippen molar-refractivity contribution in [1.29, 1.82) is 0 Å². The van der Waals surface area contributed by atoms with Gasteiger partial charge in [-0.3, -0.25) is 0 Å². The molecular weight excluding hydrogens is 328 g/mol. The van der Waals surface area contributed by atoms with Crippen molar-refractivity contribution >= 4 is 38.0 Å². The van der Waals surface area contributed by atoms with Gasteiger partial charge in [0.05, 0.1) is 4.60 Å². The fourth-order valence-electron chi connectivity index (χ4n) is 1.06. The second kappa shape index (κ2) is 4.24. The Morgan fingerprint density at radius 2 is 1.80 bits per heavy atom. The number of rotatable bonds is 1. The van der Waals surface area contributed by atoms with Crippen LogP contribution in [0.1, 0.15) is 0 Å². The molecule has 0 radical (unpaired) electrons. The van der Waals surface area contributed by atoms with Gasteiger partial charge in [-0.1, -0.05) is 0 Å². The lowest BCUT2D eigenvalue weighted by molar-refractivity contribution is 0.132. The van der Waals surface area contributed by atoms with Crippen molar-refractivity contribution in [2.45, 2.75) is 0 Å². The summed E-state index contributed by atoms with van der Waals surface area (Å²) in [6.45, 7) is 0. The molecule has 4 nitrogen and oxygen atoms in total. The maximum Gasteiger partial charge on any atom is 0.443 e. The average molecular weight is 334 g/mol. The molecule has 0 bridgehead atoms. The van der Waals surface area contributed by atoms with E-state index < -0.39 is 6.09 Å². The molecule has 2 heterocycles. The van der Waals surface area contributed by atoms with Crippen molar-refractivity contribution in [3.05, 3.63) is 45.9 Å². The van der Waals surface area contributed by atoms with Crippen LogP contribution in [0, 0.1) is 0 Å². The van der Waals surface area contributed by atoms with Crippen LogP contribution in [-0.4, -0.2) is 15.4 Å². The smallest absolute Gasteiger partial charge is 0.316 e. The summed E-state index contributed by atoms with van der Waals surface area (Å²) in [5.74, 6) is 0. The van der Waals surface area contributed by atoms with Crippen LogP contribution in [0.5, 0.6) is 0 Å². The predicted molar refractivity (Wildman–Crippen MR) is 61.6 cm³/mol. The SMILES string of the molecule is O=C(On1cccc1Br)n1cccc1Br. The van der Waals surface area contributed by atoms with E-state index in [0.29, 0.717) is 9.21 Å². The maximum atomic E-state index is 11.6. The van der Waals surface area contributed by atoms with Crippen molar-refractivity contribution in [2.75, 3.05) is 0 Å². The van der Waals surface area contributed by atoms with E-state index in [0.717, 1.165) is 0 Å². The zero-order chi connectivity index (χ0) is 10.8. The van der Waals surface area contributed by atoms with Crippen molar-refractivity contribution < 1.29 is 9.63 Å². The zero-order valence-corrected chi connectivity index (χ0v) is 10.6. The van der Waals surface area contributed by atoms with E-state index in [1.165, 1.54) is 9.30 Å². The van der Waals surface area contributed by atoms with Gasteiger partial charge in [0.2, 0.25) is 0 Å². The van der Waals surface area contributed by atoms with Crippen LogP contribution >= 0.6 is 31.9 Å². The normalized spacial score (nSPS) is 10.3. The molecule has 0 amide bonds. The minimum Gasteiger partial charge on any atom is -0.316 e. The van der Waals surface area contributed by atoms with E-state index in [4.69, 9.17) is 4.84 Å². The van der Waals surface area contributed by atoms with Gasteiger partial charge >= 0.3 is 6.09 Å². The van der Waals surface area contributed by atoms with Gasteiger partial charge in [0.25, 0.3) is 0 Å². The molecule has 2 aromatic rings. The maximum absolute atomic E-state index is 11.6. The molecule has 0 unspecified atom stereocenters. The average Bonchev–Trinajstić information content (AvgIpc) is 2.76. The molecular formula is C9H6Br2N2O2. The van der Waals surface area contributed by atoms with Crippen molar-refractivity contribution in [2.24, 2.45) is 0 Å². The second-order valence-electron chi connectivity index (χ2n) is 2.71. The first kappa shape index (κ1) is 10.5. The van der Waals surface area contributed by atoms with Gasteiger partial charge in [0.1, 0.15) is 4.60 Å².